The fourth-order valence-corrected chi connectivity index (χ4v) is 3.47. The number of hydrogen-bond donors (Lipinski definition) is 2. The number of rotatable bonds is 4. The molecule has 5 nitrogen and oxygen atoms in total. The lowest BCUT2D eigenvalue weighted by Gasteiger charge is -2.19. The van der Waals surface area contributed by atoms with E-state index < -0.39 is 0 Å². The van der Waals surface area contributed by atoms with E-state index in [4.69, 9.17) is 0 Å². The molecule has 0 atom stereocenters. The summed E-state index contributed by atoms with van der Waals surface area (Å²) in [5, 5.41) is 7.93. The quantitative estimate of drug-likeness (QED) is 0.503. The van der Waals surface area contributed by atoms with Gasteiger partial charge in [-0.15, -0.1) is 12.4 Å². The van der Waals surface area contributed by atoms with E-state index in [-0.39, 0.29) is 12.4 Å². The Hall–Kier alpha value is -3.31. The summed E-state index contributed by atoms with van der Waals surface area (Å²) in [5.74, 6) is 0.820. The highest BCUT2D eigenvalue weighted by Gasteiger charge is 2.19. The van der Waals surface area contributed by atoms with E-state index in [1.165, 1.54) is 11.3 Å². The summed E-state index contributed by atoms with van der Waals surface area (Å²) in [4.78, 5) is 11.1. The molecule has 0 saturated carbocycles. The van der Waals surface area contributed by atoms with Crippen LogP contribution in [0.3, 0.4) is 0 Å². The highest BCUT2D eigenvalue weighted by Crippen LogP contribution is 2.36. The number of nitrogens with one attached hydrogen (secondary N) is 2. The standard InChI is InChI=1S/C22H19N5.ClH/c1-2-6-16(7-3-1)13-27-15-25-20-11-10-17(12-21(20)27)26-22-18-8-4-5-9-19(18)23-14-24-22;/h1-12,14,25H,13,15H2,(H,23,24,26);1H. The minimum atomic E-state index is 0. The van der Waals surface area contributed by atoms with E-state index in [1.54, 1.807) is 6.33 Å². The molecule has 0 bridgehead atoms. The van der Waals surface area contributed by atoms with Crippen molar-refractivity contribution >= 4 is 46.2 Å². The Morgan fingerprint density at radius 1 is 0.929 bits per heavy atom. The molecule has 6 heteroatoms. The second-order valence-electron chi connectivity index (χ2n) is 6.61. The van der Waals surface area contributed by atoms with Crippen LogP contribution in [0.2, 0.25) is 0 Å². The van der Waals surface area contributed by atoms with Crippen molar-refractivity contribution in [2.75, 3.05) is 22.2 Å². The molecule has 0 aliphatic carbocycles. The smallest absolute Gasteiger partial charge is 0.141 e. The summed E-state index contributed by atoms with van der Waals surface area (Å²) in [5.41, 5.74) is 5.60. The van der Waals surface area contributed by atoms with E-state index in [0.29, 0.717) is 0 Å². The number of para-hydroxylation sites is 1. The highest BCUT2D eigenvalue weighted by atomic mass is 35.5. The fraction of sp³-hybridized carbons (Fsp3) is 0.0909. The van der Waals surface area contributed by atoms with Crippen molar-refractivity contribution in [2.45, 2.75) is 6.54 Å². The van der Waals surface area contributed by atoms with Crippen LogP contribution in [0.15, 0.2) is 79.1 Å². The third-order valence-electron chi connectivity index (χ3n) is 4.82. The van der Waals surface area contributed by atoms with Gasteiger partial charge in [0.25, 0.3) is 0 Å². The van der Waals surface area contributed by atoms with Crippen molar-refractivity contribution in [2.24, 2.45) is 0 Å². The van der Waals surface area contributed by atoms with Crippen LogP contribution < -0.4 is 15.5 Å². The van der Waals surface area contributed by atoms with Crippen molar-refractivity contribution in [3.8, 4) is 0 Å². The molecule has 3 aromatic carbocycles. The molecule has 0 saturated heterocycles. The van der Waals surface area contributed by atoms with Gasteiger partial charge in [0.1, 0.15) is 12.1 Å². The fourth-order valence-electron chi connectivity index (χ4n) is 3.47. The Morgan fingerprint density at radius 3 is 2.64 bits per heavy atom. The summed E-state index contributed by atoms with van der Waals surface area (Å²) in [6.45, 7) is 1.69. The second kappa shape index (κ2) is 7.74. The van der Waals surface area contributed by atoms with E-state index in [0.717, 1.165) is 41.3 Å². The summed E-state index contributed by atoms with van der Waals surface area (Å²) < 4.78 is 0. The zero-order valence-corrected chi connectivity index (χ0v) is 16.0. The largest absolute Gasteiger partial charge is 0.366 e. The van der Waals surface area contributed by atoms with Crippen LogP contribution in [0.5, 0.6) is 0 Å². The van der Waals surface area contributed by atoms with Crippen LogP contribution in [0, 0.1) is 0 Å². The van der Waals surface area contributed by atoms with Crippen molar-refractivity contribution in [1.82, 2.24) is 9.97 Å². The van der Waals surface area contributed by atoms with Gasteiger partial charge >= 0.3 is 0 Å². The molecule has 5 rings (SSSR count). The Balaban J connectivity index is 0.00000192. The van der Waals surface area contributed by atoms with Crippen molar-refractivity contribution in [3.05, 3.63) is 84.7 Å². The molecule has 140 valence electrons. The van der Waals surface area contributed by atoms with E-state index in [1.807, 2.05) is 30.3 Å². The molecule has 0 fully saturated rings. The number of aromatic nitrogens is 2. The van der Waals surface area contributed by atoms with Gasteiger partial charge < -0.3 is 15.5 Å². The molecule has 28 heavy (non-hydrogen) atoms. The van der Waals surface area contributed by atoms with Gasteiger partial charge in [0, 0.05) is 17.6 Å². The van der Waals surface area contributed by atoms with Gasteiger partial charge in [0.05, 0.1) is 23.6 Å². The highest BCUT2D eigenvalue weighted by molar-refractivity contribution is 5.91. The van der Waals surface area contributed by atoms with Crippen molar-refractivity contribution < 1.29 is 0 Å². The Kier molecular flexibility index (Phi) is 5.00. The lowest BCUT2D eigenvalue weighted by molar-refractivity contribution is 0.872. The molecule has 0 radical (unpaired) electrons. The van der Waals surface area contributed by atoms with Gasteiger partial charge in [-0.05, 0) is 35.9 Å². The van der Waals surface area contributed by atoms with Gasteiger partial charge in [0.2, 0.25) is 0 Å². The predicted octanol–water partition coefficient (Wildman–Crippen LogP) is 5.18. The summed E-state index contributed by atoms with van der Waals surface area (Å²) in [7, 11) is 0. The van der Waals surface area contributed by atoms with Crippen LogP contribution in [-0.4, -0.2) is 16.6 Å². The van der Waals surface area contributed by atoms with E-state index in [2.05, 4.69) is 68.0 Å². The molecule has 0 spiro atoms. The molecule has 1 aliphatic heterocycles. The maximum atomic E-state index is 4.43. The average Bonchev–Trinajstić information content (AvgIpc) is 3.11. The molecular weight excluding hydrogens is 370 g/mol. The molecule has 2 heterocycles. The summed E-state index contributed by atoms with van der Waals surface area (Å²) >= 11 is 0. The number of anilines is 4. The zero-order valence-electron chi connectivity index (χ0n) is 15.2. The van der Waals surface area contributed by atoms with Crippen LogP contribution in [0.1, 0.15) is 5.56 Å². The van der Waals surface area contributed by atoms with Crippen molar-refractivity contribution in [3.63, 3.8) is 0 Å². The number of hydrogen-bond acceptors (Lipinski definition) is 5. The monoisotopic (exact) mass is 389 g/mol. The van der Waals surface area contributed by atoms with Gasteiger partial charge in [-0.1, -0.05) is 42.5 Å². The lowest BCUT2D eigenvalue weighted by atomic mass is 10.2. The molecule has 1 aromatic heterocycles. The lowest BCUT2D eigenvalue weighted by Crippen LogP contribution is -2.21. The van der Waals surface area contributed by atoms with Crippen LogP contribution in [0.4, 0.5) is 22.9 Å². The maximum absolute atomic E-state index is 4.43. The van der Waals surface area contributed by atoms with Gasteiger partial charge in [0.15, 0.2) is 0 Å². The summed E-state index contributed by atoms with van der Waals surface area (Å²) in [6, 6.07) is 24.9. The van der Waals surface area contributed by atoms with Gasteiger partial charge in [-0.2, -0.15) is 0 Å². The van der Waals surface area contributed by atoms with Crippen LogP contribution in [0.25, 0.3) is 10.9 Å². The molecular formula is C22H20ClN5. The normalized spacial score (nSPS) is 12.2. The van der Waals surface area contributed by atoms with Gasteiger partial charge in [-0.25, -0.2) is 9.97 Å². The maximum Gasteiger partial charge on any atom is 0.141 e. The first-order chi connectivity index (χ1) is 13.4. The zero-order chi connectivity index (χ0) is 18.1. The number of halogens is 1. The third-order valence-corrected chi connectivity index (χ3v) is 4.82. The first-order valence-corrected chi connectivity index (χ1v) is 9.00. The van der Waals surface area contributed by atoms with E-state index in [9.17, 15) is 0 Å². The van der Waals surface area contributed by atoms with Crippen LogP contribution >= 0.6 is 12.4 Å². The molecule has 2 N–H and O–H groups in total. The molecule has 0 unspecified atom stereocenters. The topological polar surface area (TPSA) is 53.1 Å². The Labute approximate surface area is 169 Å². The first kappa shape index (κ1) is 18.1. The minimum Gasteiger partial charge on any atom is -0.366 e. The van der Waals surface area contributed by atoms with E-state index >= 15 is 0 Å². The minimum absolute atomic E-state index is 0. The third kappa shape index (κ3) is 3.44. The SMILES string of the molecule is Cl.c1ccc(CN2CNc3ccc(Nc4ncnc5ccccc45)cc32)cc1. The number of nitrogens with zero attached hydrogens (tertiary/aromatic N) is 3. The predicted molar refractivity (Wildman–Crippen MR) is 118 cm³/mol. The van der Waals surface area contributed by atoms with Crippen molar-refractivity contribution in [1.29, 1.82) is 0 Å². The average molecular weight is 390 g/mol. The Morgan fingerprint density at radius 2 is 1.75 bits per heavy atom. The molecule has 4 aromatic rings. The number of fused-ring (bicyclic) bond motifs is 2. The number of benzene rings is 3. The Bertz CT molecular complexity index is 1100. The second-order valence-corrected chi connectivity index (χ2v) is 6.61. The summed E-state index contributed by atoms with van der Waals surface area (Å²) in [6.07, 6.45) is 1.60. The van der Waals surface area contributed by atoms with Crippen LogP contribution in [-0.2, 0) is 6.54 Å². The molecule has 0 amide bonds. The van der Waals surface area contributed by atoms with Gasteiger partial charge in [-0.3, -0.25) is 0 Å². The first-order valence-electron chi connectivity index (χ1n) is 9.00. The molecule has 1 aliphatic rings.